The second-order valence-corrected chi connectivity index (χ2v) is 4.87. The normalized spacial score (nSPS) is 19.5. The van der Waals surface area contributed by atoms with Gasteiger partial charge in [-0.2, -0.15) is 0 Å². The summed E-state index contributed by atoms with van der Waals surface area (Å²) < 4.78 is 0. The molecule has 0 radical (unpaired) electrons. The van der Waals surface area contributed by atoms with Gasteiger partial charge in [-0.1, -0.05) is 32.4 Å². The second kappa shape index (κ2) is 5.47. The fourth-order valence-corrected chi connectivity index (χ4v) is 1.92. The maximum absolute atomic E-state index is 2.51. The van der Waals surface area contributed by atoms with E-state index in [-0.39, 0.29) is 0 Å². The highest BCUT2D eigenvalue weighted by Crippen LogP contribution is 2.25. The monoisotopic (exact) mass is 180 g/mol. The standard InChI is InChI=1S/C13H24/c1-11(2)12(3)7-6-10-13-8-4-5-9-13/h10-12H,4-9H2,1-3H3/t12-/m0/s1. The first-order chi connectivity index (χ1) is 6.20. The van der Waals surface area contributed by atoms with Crippen LogP contribution in [0.25, 0.3) is 0 Å². The highest BCUT2D eigenvalue weighted by molar-refractivity contribution is 5.05. The summed E-state index contributed by atoms with van der Waals surface area (Å²) in [6, 6.07) is 0. The van der Waals surface area contributed by atoms with Gasteiger partial charge in [0.2, 0.25) is 0 Å². The van der Waals surface area contributed by atoms with E-state index in [9.17, 15) is 0 Å². The van der Waals surface area contributed by atoms with Gasteiger partial charge < -0.3 is 0 Å². The van der Waals surface area contributed by atoms with Crippen molar-refractivity contribution in [3.8, 4) is 0 Å². The van der Waals surface area contributed by atoms with E-state index in [0.29, 0.717) is 0 Å². The predicted molar refractivity (Wildman–Crippen MR) is 59.8 cm³/mol. The van der Waals surface area contributed by atoms with Crippen LogP contribution in [-0.2, 0) is 0 Å². The molecule has 1 aliphatic carbocycles. The van der Waals surface area contributed by atoms with E-state index < -0.39 is 0 Å². The minimum absolute atomic E-state index is 0.849. The first kappa shape index (κ1) is 10.8. The first-order valence-corrected chi connectivity index (χ1v) is 5.88. The fraction of sp³-hybridized carbons (Fsp3) is 0.846. The number of hydrogen-bond donors (Lipinski definition) is 0. The quantitative estimate of drug-likeness (QED) is 0.556. The largest absolute Gasteiger partial charge is 0.0853 e. The van der Waals surface area contributed by atoms with Crippen LogP contribution in [0.1, 0.15) is 59.3 Å². The van der Waals surface area contributed by atoms with Crippen LogP contribution in [-0.4, -0.2) is 0 Å². The summed E-state index contributed by atoms with van der Waals surface area (Å²) in [6.45, 7) is 7.03. The minimum atomic E-state index is 0.849. The van der Waals surface area contributed by atoms with Crippen LogP contribution in [0.3, 0.4) is 0 Å². The Morgan fingerprint density at radius 1 is 1.15 bits per heavy atom. The third-order valence-corrected chi connectivity index (χ3v) is 3.44. The summed E-state index contributed by atoms with van der Waals surface area (Å²) in [5, 5.41) is 0. The molecule has 76 valence electrons. The predicted octanol–water partition coefficient (Wildman–Crippen LogP) is 4.56. The topological polar surface area (TPSA) is 0 Å². The second-order valence-electron chi connectivity index (χ2n) is 4.87. The Morgan fingerprint density at radius 2 is 1.77 bits per heavy atom. The van der Waals surface area contributed by atoms with Crippen molar-refractivity contribution in [1.82, 2.24) is 0 Å². The molecule has 0 bridgehead atoms. The zero-order valence-electron chi connectivity index (χ0n) is 9.47. The van der Waals surface area contributed by atoms with Gasteiger partial charge in [0.05, 0.1) is 0 Å². The van der Waals surface area contributed by atoms with Crippen LogP contribution in [0, 0.1) is 11.8 Å². The molecule has 1 fully saturated rings. The summed E-state index contributed by atoms with van der Waals surface area (Å²) in [5.41, 5.74) is 1.73. The van der Waals surface area contributed by atoms with Gasteiger partial charge in [-0.05, 0) is 50.4 Å². The van der Waals surface area contributed by atoms with Crippen LogP contribution < -0.4 is 0 Å². The van der Waals surface area contributed by atoms with Crippen LogP contribution in [0.4, 0.5) is 0 Å². The van der Waals surface area contributed by atoms with Gasteiger partial charge >= 0.3 is 0 Å². The molecule has 1 rings (SSSR count). The Kier molecular flexibility index (Phi) is 4.55. The molecular formula is C13H24. The Labute approximate surface area is 83.4 Å². The SMILES string of the molecule is CC(C)[C@@H](C)CCC=C1CCCC1. The molecule has 0 amide bonds. The Balaban J connectivity index is 2.15. The summed E-state index contributed by atoms with van der Waals surface area (Å²) in [5.74, 6) is 1.74. The van der Waals surface area contributed by atoms with Crippen molar-refractivity contribution in [3.63, 3.8) is 0 Å². The molecule has 0 aromatic rings. The molecule has 0 heterocycles. The maximum atomic E-state index is 2.51. The molecule has 0 spiro atoms. The van der Waals surface area contributed by atoms with Crippen molar-refractivity contribution in [2.75, 3.05) is 0 Å². The zero-order valence-corrected chi connectivity index (χ0v) is 9.47. The van der Waals surface area contributed by atoms with Crippen LogP contribution in [0.15, 0.2) is 11.6 Å². The molecule has 1 aliphatic rings. The third-order valence-electron chi connectivity index (χ3n) is 3.44. The van der Waals surface area contributed by atoms with Crippen molar-refractivity contribution >= 4 is 0 Å². The summed E-state index contributed by atoms with van der Waals surface area (Å²) >= 11 is 0. The minimum Gasteiger partial charge on any atom is -0.0853 e. The molecule has 0 aromatic heterocycles. The lowest BCUT2D eigenvalue weighted by Gasteiger charge is -2.13. The molecule has 1 atom stereocenters. The summed E-state index contributed by atoms with van der Waals surface area (Å²) in [7, 11) is 0. The molecule has 0 unspecified atom stereocenters. The molecule has 13 heavy (non-hydrogen) atoms. The molecule has 0 saturated heterocycles. The molecular weight excluding hydrogens is 156 g/mol. The van der Waals surface area contributed by atoms with Crippen molar-refractivity contribution in [1.29, 1.82) is 0 Å². The zero-order chi connectivity index (χ0) is 9.68. The summed E-state index contributed by atoms with van der Waals surface area (Å²) in [4.78, 5) is 0. The lowest BCUT2D eigenvalue weighted by molar-refractivity contribution is 0.395. The van der Waals surface area contributed by atoms with Gasteiger partial charge in [0.25, 0.3) is 0 Å². The van der Waals surface area contributed by atoms with Gasteiger partial charge in [-0.3, -0.25) is 0 Å². The van der Waals surface area contributed by atoms with Crippen molar-refractivity contribution < 1.29 is 0 Å². The fourth-order valence-electron chi connectivity index (χ4n) is 1.92. The average Bonchev–Trinajstić information content (AvgIpc) is 2.56. The smallest absolute Gasteiger partial charge is 0.0320 e. The lowest BCUT2D eigenvalue weighted by Crippen LogP contribution is -2.02. The molecule has 0 nitrogen and oxygen atoms in total. The average molecular weight is 180 g/mol. The molecule has 0 heteroatoms. The van der Waals surface area contributed by atoms with Gasteiger partial charge in [-0.25, -0.2) is 0 Å². The van der Waals surface area contributed by atoms with E-state index in [0.717, 1.165) is 11.8 Å². The van der Waals surface area contributed by atoms with Crippen LogP contribution in [0.5, 0.6) is 0 Å². The number of allylic oxidation sites excluding steroid dienone is 2. The van der Waals surface area contributed by atoms with Gasteiger partial charge in [0.1, 0.15) is 0 Å². The Morgan fingerprint density at radius 3 is 2.31 bits per heavy atom. The van der Waals surface area contributed by atoms with E-state index in [4.69, 9.17) is 0 Å². The maximum Gasteiger partial charge on any atom is -0.0320 e. The molecule has 0 aliphatic heterocycles. The van der Waals surface area contributed by atoms with Gasteiger partial charge in [0.15, 0.2) is 0 Å². The van der Waals surface area contributed by atoms with Crippen molar-refractivity contribution in [3.05, 3.63) is 11.6 Å². The summed E-state index contributed by atoms with van der Waals surface area (Å²) in [6.07, 6.45) is 10.8. The van der Waals surface area contributed by atoms with E-state index in [1.165, 1.54) is 38.5 Å². The van der Waals surface area contributed by atoms with E-state index in [2.05, 4.69) is 26.8 Å². The number of hydrogen-bond acceptors (Lipinski definition) is 0. The van der Waals surface area contributed by atoms with Gasteiger partial charge in [-0.15, -0.1) is 0 Å². The van der Waals surface area contributed by atoms with E-state index >= 15 is 0 Å². The van der Waals surface area contributed by atoms with Crippen LogP contribution in [0.2, 0.25) is 0 Å². The highest BCUT2D eigenvalue weighted by atomic mass is 14.1. The van der Waals surface area contributed by atoms with E-state index in [1.54, 1.807) is 5.57 Å². The lowest BCUT2D eigenvalue weighted by atomic mass is 9.93. The molecule has 0 aromatic carbocycles. The van der Waals surface area contributed by atoms with E-state index in [1.807, 2.05) is 0 Å². The highest BCUT2D eigenvalue weighted by Gasteiger charge is 2.08. The third kappa shape index (κ3) is 3.97. The number of rotatable bonds is 4. The Hall–Kier alpha value is -0.260. The molecule has 1 saturated carbocycles. The first-order valence-electron chi connectivity index (χ1n) is 5.88. The van der Waals surface area contributed by atoms with Gasteiger partial charge in [0, 0.05) is 0 Å². The van der Waals surface area contributed by atoms with Crippen molar-refractivity contribution in [2.24, 2.45) is 11.8 Å². The van der Waals surface area contributed by atoms with Crippen molar-refractivity contribution in [2.45, 2.75) is 59.3 Å². The molecule has 0 N–H and O–H groups in total. The Bertz CT molecular complexity index is 157. The van der Waals surface area contributed by atoms with Crippen LogP contribution >= 0.6 is 0 Å².